The first-order valence-corrected chi connectivity index (χ1v) is 11.4. The van der Waals surface area contributed by atoms with Crippen LogP contribution in [0.15, 0.2) is 94.9 Å². The second-order valence-corrected chi connectivity index (χ2v) is 8.60. The monoisotopic (exact) mass is 455 g/mol. The Bertz CT molecular complexity index is 1420. The van der Waals surface area contributed by atoms with Crippen LogP contribution in [0.2, 0.25) is 0 Å². The molecule has 5 rings (SSSR count). The summed E-state index contributed by atoms with van der Waals surface area (Å²) in [6.45, 7) is 0. The number of hydrogen-bond acceptors (Lipinski definition) is 6. The maximum Gasteiger partial charge on any atom is 0.253 e. The molecular formula is C25H21N5O2S. The number of nitrogens with one attached hydrogen (secondary N) is 2. The summed E-state index contributed by atoms with van der Waals surface area (Å²) in [6.07, 6.45) is 2.06. The number of carbonyl (C=O) groups is 1. The van der Waals surface area contributed by atoms with Crippen molar-refractivity contribution in [3.63, 3.8) is 0 Å². The topological polar surface area (TPSA) is 104 Å². The van der Waals surface area contributed by atoms with Gasteiger partial charge in [-0.2, -0.15) is 0 Å². The Hall–Kier alpha value is -4.04. The van der Waals surface area contributed by atoms with Crippen LogP contribution in [0.5, 0.6) is 0 Å². The van der Waals surface area contributed by atoms with Crippen molar-refractivity contribution in [1.29, 1.82) is 0 Å². The Morgan fingerprint density at radius 1 is 1.00 bits per heavy atom. The van der Waals surface area contributed by atoms with E-state index in [4.69, 9.17) is 5.73 Å². The summed E-state index contributed by atoms with van der Waals surface area (Å²) in [5.74, 6) is 0.0584. The zero-order valence-corrected chi connectivity index (χ0v) is 18.4. The number of nitrogens with two attached hydrogens (primary N) is 1. The zero-order valence-electron chi connectivity index (χ0n) is 17.6. The Morgan fingerprint density at radius 3 is 2.55 bits per heavy atom. The minimum absolute atomic E-state index is 0.0849. The number of H-pyrrole nitrogens is 1. The summed E-state index contributed by atoms with van der Waals surface area (Å²) in [5.41, 5.74) is 11.5. The molecular weight excluding hydrogens is 434 g/mol. The first-order chi connectivity index (χ1) is 16.1. The fourth-order valence-electron chi connectivity index (χ4n) is 3.82. The van der Waals surface area contributed by atoms with Crippen molar-refractivity contribution < 1.29 is 4.79 Å². The summed E-state index contributed by atoms with van der Waals surface area (Å²) < 4.78 is 0. The van der Waals surface area contributed by atoms with Gasteiger partial charge in [-0.25, -0.2) is 9.99 Å². The van der Waals surface area contributed by atoms with E-state index in [1.54, 1.807) is 5.01 Å². The van der Waals surface area contributed by atoms with Crippen molar-refractivity contribution in [2.75, 3.05) is 11.5 Å². The highest BCUT2D eigenvalue weighted by molar-refractivity contribution is 7.99. The number of aromatic amines is 1. The standard InChI is InChI=1S/C25H21N5O2S/c26-22-14-23(31)28-25(27-22)33-15-24(32)30-21(17-7-2-1-3-8-17)13-20(29-30)19-11-10-16-6-4-5-9-18(16)12-19/h1-14,21,29H,15H2,(H3,26,27,28,31)/t21-/m0/s1. The molecule has 4 aromatic rings. The van der Waals surface area contributed by atoms with Gasteiger partial charge in [0.2, 0.25) is 0 Å². The number of fused-ring (bicyclic) bond motifs is 1. The van der Waals surface area contributed by atoms with Crippen LogP contribution in [0.4, 0.5) is 5.82 Å². The molecule has 164 valence electrons. The Labute approximate surface area is 194 Å². The summed E-state index contributed by atoms with van der Waals surface area (Å²) in [6, 6.07) is 25.2. The molecule has 0 saturated heterocycles. The number of benzene rings is 3. The Morgan fingerprint density at radius 2 is 1.76 bits per heavy atom. The van der Waals surface area contributed by atoms with E-state index in [2.05, 4.69) is 45.7 Å². The van der Waals surface area contributed by atoms with Crippen LogP contribution in [0.25, 0.3) is 16.5 Å². The molecule has 1 aliphatic rings. The molecule has 7 nitrogen and oxygen atoms in total. The molecule has 33 heavy (non-hydrogen) atoms. The van der Waals surface area contributed by atoms with Gasteiger partial charge in [0, 0.05) is 6.07 Å². The van der Waals surface area contributed by atoms with E-state index in [1.165, 1.54) is 6.07 Å². The molecule has 4 N–H and O–H groups in total. The van der Waals surface area contributed by atoms with Crippen molar-refractivity contribution in [2.45, 2.75) is 11.2 Å². The van der Waals surface area contributed by atoms with Crippen molar-refractivity contribution in [3.05, 3.63) is 106 Å². The fourth-order valence-corrected chi connectivity index (χ4v) is 4.56. The van der Waals surface area contributed by atoms with Gasteiger partial charge in [0.25, 0.3) is 11.5 Å². The summed E-state index contributed by atoms with van der Waals surface area (Å²) >= 11 is 1.14. The maximum atomic E-state index is 13.2. The number of nitrogens with zero attached hydrogens (tertiary/aromatic N) is 2. The molecule has 3 aromatic carbocycles. The van der Waals surface area contributed by atoms with E-state index >= 15 is 0 Å². The van der Waals surface area contributed by atoms with Gasteiger partial charge in [-0.05, 0) is 34.0 Å². The first kappa shape index (κ1) is 20.8. The third-order valence-electron chi connectivity index (χ3n) is 5.39. The lowest BCUT2D eigenvalue weighted by Gasteiger charge is -2.25. The molecule has 0 radical (unpaired) electrons. The Balaban J connectivity index is 1.42. The maximum absolute atomic E-state index is 13.2. The number of aromatic nitrogens is 2. The van der Waals surface area contributed by atoms with Crippen molar-refractivity contribution in [1.82, 2.24) is 20.4 Å². The molecule has 1 amide bonds. The largest absolute Gasteiger partial charge is 0.383 e. The van der Waals surface area contributed by atoms with Crippen LogP contribution >= 0.6 is 11.8 Å². The number of hydrazine groups is 1. The lowest BCUT2D eigenvalue weighted by molar-refractivity contribution is -0.131. The minimum Gasteiger partial charge on any atom is -0.383 e. The van der Waals surface area contributed by atoms with E-state index in [-0.39, 0.29) is 29.1 Å². The molecule has 0 unspecified atom stereocenters. The number of carbonyl (C=O) groups excluding carboxylic acids is 1. The van der Waals surface area contributed by atoms with Crippen LogP contribution in [0.3, 0.4) is 0 Å². The molecule has 0 bridgehead atoms. The molecule has 0 fully saturated rings. The lowest BCUT2D eigenvalue weighted by Crippen LogP contribution is -2.40. The number of amides is 1. The highest BCUT2D eigenvalue weighted by Crippen LogP contribution is 2.33. The van der Waals surface area contributed by atoms with Crippen molar-refractivity contribution in [3.8, 4) is 0 Å². The number of hydrogen-bond donors (Lipinski definition) is 3. The number of thioether (sulfide) groups is 1. The van der Waals surface area contributed by atoms with Gasteiger partial charge >= 0.3 is 0 Å². The highest BCUT2D eigenvalue weighted by Gasteiger charge is 2.30. The van der Waals surface area contributed by atoms with Gasteiger partial charge in [0.1, 0.15) is 5.82 Å². The van der Waals surface area contributed by atoms with Gasteiger partial charge in [-0.1, -0.05) is 78.5 Å². The van der Waals surface area contributed by atoms with E-state index in [9.17, 15) is 9.59 Å². The second kappa shape index (κ2) is 8.84. The van der Waals surface area contributed by atoms with Gasteiger partial charge in [0.15, 0.2) is 5.16 Å². The third kappa shape index (κ3) is 4.47. The third-order valence-corrected chi connectivity index (χ3v) is 6.24. The van der Waals surface area contributed by atoms with E-state index in [0.29, 0.717) is 5.16 Å². The summed E-state index contributed by atoms with van der Waals surface area (Å²) in [7, 11) is 0. The predicted molar refractivity (Wildman–Crippen MR) is 131 cm³/mol. The molecule has 2 heterocycles. The second-order valence-electron chi connectivity index (χ2n) is 7.64. The van der Waals surface area contributed by atoms with Gasteiger partial charge in [-0.15, -0.1) is 0 Å². The number of nitrogen functional groups attached to an aromatic ring is 1. The highest BCUT2D eigenvalue weighted by atomic mass is 32.2. The lowest BCUT2D eigenvalue weighted by atomic mass is 10.0. The van der Waals surface area contributed by atoms with Gasteiger partial charge < -0.3 is 10.7 Å². The van der Waals surface area contributed by atoms with Crippen LogP contribution < -0.4 is 16.7 Å². The molecule has 0 spiro atoms. The number of anilines is 1. The smallest absolute Gasteiger partial charge is 0.253 e. The van der Waals surface area contributed by atoms with E-state index in [1.807, 2.05) is 48.5 Å². The molecule has 0 aliphatic carbocycles. The first-order valence-electron chi connectivity index (χ1n) is 10.4. The molecule has 1 atom stereocenters. The van der Waals surface area contributed by atoms with Crippen LogP contribution in [0.1, 0.15) is 17.2 Å². The zero-order chi connectivity index (χ0) is 22.8. The normalized spacial score (nSPS) is 15.3. The summed E-state index contributed by atoms with van der Waals surface area (Å²) in [4.78, 5) is 31.5. The van der Waals surface area contributed by atoms with Crippen LogP contribution in [0, 0.1) is 0 Å². The fraction of sp³-hybridized carbons (Fsp3) is 0.0800. The predicted octanol–water partition coefficient (Wildman–Crippen LogP) is 3.73. The van der Waals surface area contributed by atoms with Gasteiger partial charge in [-0.3, -0.25) is 15.0 Å². The van der Waals surface area contributed by atoms with Crippen LogP contribution in [-0.4, -0.2) is 26.6 Å². The number of rotatable bonds is 5. The van der Waals surface area contributed by atoms with Crippen molar-refractivity contribution >= 4 is 40.0 Å². The molecule has 1 aromatic heterocycles. The van der Waals surface area contributed by atoms with Gasteiger partial charge in [0.05, 0.1) is 17.5 Å². The van der Waals surface area contributed by atoms with E-state index < -0.39 is 0 Å². The average Bonchev–Trinajstić information content (AvgIpc) is 3.28. The van der Waals surface area contributed by atoms with Crippen LogP contribution in [-0.2, 0) is 4.79 Å². The van der Waals surface area contributed by atoms with Crippen molar-refractivity contribution in [2.24, 2.45) is 0 Å². The minimum atomic E-state index is -0.348. The SMILES string of the molecule is Nc1cc(=O)[nH]c(SCC(=O)N2NC(c3ccc4ccccc4c3)=C[C@H]2c2ccccc2)n1. The Kier molecular flexibility index (Phi) is 5.58. The van der Waals surface area contributed by atoms with E-state index in [0.717, 1.165) is 39.4 Å². The molecule has 0 saturated carbocycles. The quantitative estimate of drug-likeness (QED) is 0.313. The molecule has 1 aliphatic heterocycles. The average molecular weight is 456 g/mol. The molecule has 8 heteroatoms. The summed E-state index contributed by atoms with van der Waals surface area (Å²) in [5, 5.41) is 4.22.